The summed E-state index contributed by atoms with van der Waals surface area (Å²) in [7, 11) is 1.59. The molecule has 2 fully saturated rings. The maximum absolute atomic E-state index is 11.9. The van der Waals surface area contributed by atoms with Crippen LogP contribution in [-0.4, -0.2) is 60.8 Å². The molecule has 1 aliphatic heterocycles. The smallest absolute Gasteiger partial charge is 0.225 e. The Kier molecular flexibility index (Phi) is 4.19. The molecule has 0 aromatic carbocycles. The number of amides is 2. The van der Waals surface area contributed by atoms with E-state index in [1.807, 2.05) is 0 Å². The van der Waals surface area contributed by atoms with Gasteiger partial charge in [0.15, 0.2) is 0 Å². The molecule has 6 heteroatoms. The SMILES string of the molecule is COCCN1CC(C(=O)NC2CC(O)C2)CC1=O. The Bertz CT molecular complexity index is 328. The van der Waals surface area contributed by atoms with Crippen molar-refractivity contribution in [3.05, 3.63) is 0 Å². The van der Waals surface area contributed by atoms with Crippen LogP contribution in [0.4, 0.5) is 0 Å². The van der Waals surface area contributed by atoms with Crippen molar-refractivity contribution in [2.75, 3.05) is 26.8 Å². The summed E-state index contributed by atoms with van der Waals surface area (Å²) >= 11 is 0. The van der Waals surface area contributed by atoms with Crippen molar-refractivity contribution in [2.45, 2.75) is 31.4 Å². The largest absolute Gasteiger partial charge is 0.393 e. The van der Waals surface area contributed by atoms with Crippen molar-refractivity contribution in [1.82, 2.24) is 10.2 Å². The van der Waals surface area contributed by atoms with Crippen LogP contribution < -0.4 is 5.32 Å². The fourth-order valence-corrected chi connectivity index (χ4v) is 2.39. The van der Waals surface area contributed by atoms with Crippen molar-refractivity contribution < 1.29 is 19.4 Å². The Balaban J connectivity index is 1.76. The number of ether oxygens (including phenoxy) is 1. The van der Waals surface area contributed by atoms with Crippen LogP contribution in [0.25, 0.3) is 0 Å². The molecule has 18 heavy (non-hydrogen) atoms. The Hall–Kier alpha value is -1.14. The highest BCUT2D eigenvalue weighted by atomic mass is 16.5. The van der Waals surface area contributed by atoms with E-state index in [0.29, 0.717) is 32.5 Å². The second kappa shape index (κ2) is 5.67. The molecule has 1 heterocycles. The van der Waals surface area contributed by atoms with Crippen LogP contribution in [-0.2, 0) is 14.3 Å². The Morgan fingerprint density at radius 3 is 2.89 bits per heavy atom. The number of hydrogen-bond acceptors (Lipinski definition) is 4. The summed E-state index contributed by atoms with van der Waals surface area (Å²) in [6.07, 6.45) is 1.25. The van der Waals surface area contributed by atoms with Gasteiger partial charge in [0, 0.05) is 32.7 Å². The third-order valence-corrected chi connectivity index (χ3v) is 3.61. The highest BCUT2D eigenvalue weighted by Crippen LogP contribution is 2.22. The van der Waals surface area contributed by atoms with Gasteiger partial charge in [-0.05, 0) is 12.8 Å². The molecule has 0 aromatic rings. The Morgan fingerprint density at radius 1 is 1.56 bits per heavy atom. The molecule has 1 atom stereocenters. The van der Waals surface area contributed by atoms with E-state index >= 15 is 0 Å². The lowest BCUT2D eigenvalue weighted by atomic mass is 9.89. The van der Waals surface area contributed by atoms with Crippen LogP contribution in [0.5, 0.6) is 0 Å². The highest BCUT2D eigenvalue weighted by Gasteiger charge is 2.36. The van der Waals surface area contributed by atoms with Gasteiger partial charge in [-0.2, -0.15) is 0 Å². The van der Waals surface area contributed by atoms with Crippen molar-refractivity contribution in [3.63, 3.8) is 0 Å². The van der Waals surface area contributed by atoms with Gasteiger partial charge in [0.05, 0.1) is 18.6 Å². The molecule has 0 aromatic heterocycles. The Morgan fingerprint density at radius 2 is 2.28 bits per heavy atom. The number of likely N-dealkylation sites (tertiary alicyclic amines) is 1. The van der Waals surface area contributed by atoms with Crippen LogP contribution in [0.3, 0.4) is 0 Å². The first-order chi connectivity index (χ1) is 8.60. The van der Waals surface area contributed by atoms with Gasteiger partial charge in [-0.3, -0.25) is 9.59 Å². The van der Waals surface area contributed by atoms with E-state index in [1.54, 1.807) is 12.0 Å². The topological polar surface area (TPSA) is 78.9 Å². The summed E-state index contributed by atoms with van der Waals surface area (Å²) in [5.41, 5.74) is 0. The molecule has 2 N–H and O–H groups in total. The van der Waals surface area contributed by atoms with Gasteiger partial charge in [-0.25, -0.2) is 0 Å². The van der Waals surface area contributed by atoms with Crippen LogP contribution in [0.2, 0.25) is 0 Å². The van der Waals surface area contributed by atoms with E-state index in [4.69, 9.17) is 9.84 Å². The van der Waals surface area contributed by atoms with Crippen molar-refractivity contribution >= 4 is 11.8 Å². The number of rotatable bonds is 5. The number of carbonyl (C=O) groups is 2. The maximum Gasteiger partial charge on any atom is 0.225 e. The maximum atomic E-state index is 11.9. The van der Waals surface area contributed by atoms with E-state index in [0.717, 1.165) is 0 Å². The monoisotopic (exact) mass is 256 g/mol. The zero-order valence-electron chi connectivity index (χ0n) is 10.6. The minimum Gasteiger partial charge on any atom is -0.393 e. The fourth-order valence-electron chi connectivity index (χ4n) is 2.39. The normalized spacial score (nSPS) is 31.3. The van der Waals surface area contributed by atoms with Crippen LogP contribution in [0.15, 0.2) is 0 Å². The average Bonchev–Trinajstić information content (AvgIpc) is 2.66. The molecular weight excluding hydrogens is 236 g/mol. The molecule has 2 aliphatic rings. The molecule has 6 nitrogen and oxygen atoms in total. The second-order valence-corrected chi connectivity index (χ2v) is 5.06. The van der Waals surface area contributed by atoms with Crippen molar-refractivity contribution in [2.24, 2.45) is 5.92 Å². The summed E-state index contributed by atoms with van der Waals surface area (Å²) in [6, 6.07) is 0.0793. The number of nitrogens with one attached hydrogen (secondary N) is 1. The van der Waals surface area contributed by atoms with Crippen molar-refractivity contribution in [3.8, 4) is 0 Å². The van der Waals surface area contributed by atoms with E-state index in [1.165, 1.54) is 0 Å². The summed E-state index contributed by atoms with van der Waals surface area (Å²) in [4.78, 5) is 25.3. The Labute approximate surface area is 106 Å². The lowest BCUT2D eigenvalue weighted by Crippen LogP contribution is -2.48. The fraction of sp³-hybridized carbons (Fsp3) is 0.833. The minimum atomic E-state index is -0.279. The summed E-state index contributed by atoms with van der Waals surface area (Å²) < 4.78 is 4.93. The quantitative estimate of drug-likeness (QED) is 0.669. The first kappa shape index (κ1) is 13.3. The van der Waals surface area contributed by atoms with Crippen LogP contribution in [0, 0.1) is 5.92 Å². The molecule has 0 spiro atoms. The standard InChI is InChI=1S/C12H20N2O4/c1-18-3-2-14-7-8(4-11(14)16)12(17)13-9-5-10(15)6-9/h8-10,15H,2-7H2,1H3,(H,13,17). The molecule has 0 radical (unpaired) electrons. The minimum absolute atomic E-state index is 0.0147. The van der Waals surface area contributed by atoms with Gasteiger partial charge < -0.3 is 20.1 Å². The molecule has 1 saturated carbocycles. The number of aliphatic hydroxyl groups excluding tert-OH is 1. The van der Waals surface area contributed by atoms with Crippen molar-refractivity contribution in [1.29, 1.82) is 0 Å². The molecule has 1 saturated heterocycles. The number of carbonyl (C=O) groups excluding carboxylic acids is 2. The zero-order chi connectivity index (χ0) is 13.1. The summed E-state index contributed by atoms with van der Waals surface area (Å²) in [5, 5.41) is 12.0. The third kappa shape index (κ3) is 3.00. The second-order valence-electron chi connectivity index (χ2n) is 5.06. The molecular formula is C12H20N2O4. The van der Waals surface area contributed by atoms with Gasteiger partial charge in [0.1, 0.15) is 0 Å². The predicted octanol–water partition coefficient (Wildman–Crippen LogP) is -0.879. The molecule has 1 aliphatic carbocycles. The average molecular weight is 256 g/mol. The third-order valence-electron chi connectivity index (χ3n) is 3.61. The van der Waals surface area contributed by atoms with Gasteiger partial charge >= 0.3 is 0 Å². The van der Waals surface area contributed by atoms with E-state index in [2.05, 4.69) is 5.32 Å². The summed E-state index contributed by atoms with van der Waals surface area (Å²) in [5.74, 6) is -0.312. The highest BCUT2D eigenvalue weighted by molar-refractivity contribution is 5.89. The van der Waals surface area contributed by atoms with Gasteiger partial charge in [-0.15, -0.1) is 0 Å². The first-order valence-electron chi connectivity index (χ1n) is 6.35. The predicted molar refractivity (Wildman–Crippen MR) is 63.7 cm³/mol. The van der Waals surface area contributed by atoms with Crippen LogP contribution in [0.1, 0.15) is 19.3 Å². The number of hydrogen-bond donors (Lipinski definition) is 2. The van der Waals surface area contributed by atoms with E-state index < -0.39 is 0 Å². The van der Waals surface area contributed by atoms with Gasteiger partial charge in [0.25, 0.3) is 0 Å². The molecule has 2 rings (SSSR count). The lowest BCUT2D eigenvalue weighted by molar-refractivity contribution is -0.129. The molecule has 102 valence electrons. The molecule has 0 bridgehead atoms. The van der Waals surface area contributed by atoms with Gasteiger partial charge in [0.2, 0.25) is 11.8 Å². The molecule has 2 amide bonds. The number of methoxy groups -OCH3 is 1. The molecule has 1 unspecified atom stereocenters. The summed E-state index contributed by atoms with van der Waals surface area (Å²) in [6.45, 7) is 1.51. The number of aliphatic hydroxyl groups is 1. The van der Waals surface area contributed by atoms with E-state index in [9.17, 15) is 9.59 Å². The first-order valence-corrected chi connectivity index (χ1v) is 6.35. The lowest BCUT2D eigenvalue weighted by Gasteiger charge is -2.32. The van der Waals surface area contributed by atoms with Gasteiger partial charge in [-0.1, -0.05) is 0 Å². The van der Waals surface area contributed by atoms with Crippen LogP contribution >= 0.6 is 0 Å². The number of nitrogens with zero attached hydrogens (tertiary/aromatic N) is 1. The van der Waals surface area contributed by atoms with E-state index in [-0.39, 0.29) is 36.3 Å². The zero-order valence-corrected chi connectivity index (χ0v) is 10.6.